The fraction of sp³-hybridized carbons (Fsp3) is 0.429. The maximum Gasteiger partial charge on any atom is 0.318 e. The van der Waals surface area contributed by atoms with Crippen LogP contribution in [-0.2, 0) is 19.6 Å². The lowest BCUT2D eigenvalue weighted by Gasteiger charge is -2.21. The van der Waals surface area contributed by atoms with Crippen molar-refractivity contribution in [2.24, 2.45) is 5.41 Å². The molecule has 0 unspecified atom stereocenters. The standard InChI is InChI=1S/C14H17FN2O5S/c1-14(2,13(19)20)12(18)16-9-4-5-10(15)11(8-9)17-6-3-7-23(17,21)22/h4-5,8H,3,6-7H2,1-2H3,(H,16,18)(H,19,20). The van der Waals surface area contributed by atoms with Crippen molar-refractivity contribution in [3.63, 3.8) is 0 Å². The molecule has 0 saturated carbocycles. The summed E-state index contributed by atoms with van der Waals surface area (Å²) in [6.07, 6.45) is 0.393. The van der Waals surface area contributed by atoms with Crippen molar-refractivity contribution in [3.05, 3.63) is 24.0 Å². The second-order valence-electron chi connectivity index (χ2n) is 5.79. The third-order valence-electron chi connectivity index (χ3n) is 3.67. The first-order valence-corrected chi connectivity index (χ1v) is 8.51. The average Bonchev–Trinajstić information content (AvgIpc) is 2.80. The molecule has 1 aliphatic heterocycles. The van der Waals surface area contributed by atoms with Crippen molar-refractivity contribution < 1.29 is 27.5 Å². The van der Waals surface area contributed by atoms with Crippen LogP contribution in [0.5, 0.6) is 0 Å². The maximum absolute atomic E-state index is 14.0. The van der Waals surface area contributed by atoms with E-state index in [0.717, 1.165) is 10.4 Å². The predicted molar refractivity (Wildman–Crippen MR) is 82.2 cm³/mol. The van der Waals surface area contributed by atoms with Gasteiger partial charge in [0.15, 0.2) is 0 Å². The number of aliphatic carboxylic acids is 1. The molecule has 23 heavy (non-hydrogen) atoms. The Morgan fingerprint density at radius 3 is 2.52 bits per heavy atom. The number of benzene rings is 1. The van der Waals surface area contributed by atoms with Crippen molar-refractivity contribution in [1.29, 1.82) is 0 Å². The van der Waals surface area contributed by atoms with Gasteiger partial charge < -0.3 is 10.4 Å². The van der Waals surface area contributed by atoms with E-state index in [1.165, 1.54) is 26.0 Å². The van der Waals surface area contributed by atoms with Gasteiger partial charge in [-0.2, -0.15) is 0 Å². The van der Waals surface area contributed by atoms with Gasteiger partial charge in [-0.15, -0.1) is 0 Å². The minimum Gasteiger partial charge on any atom is -0.480 e. The molecule has 1 aliphatic rings. The highest BCUT2D eigenvalue weighted by Gasteiger charge is 2.36. The Labute approximate surface area is 133 Å². The molecule has 9 heteroatoms. The molecule has 1 aromatic rings. The molecule has 0 atom stereocenters. The first-order chi connectivity index (χ1) is 10.6. The average molecular weight is 344 g/mol. The number of rotatable bonds is 4. The molecule has 1 saturated heterocycles. The molecule has 1 amide bonds. The minimum absolute atomic E-state index is 0.0604. The number of sulfonamides is 1. The molecule has 0 aromatic heterocycles. The second-order valence-corrected chi connectivity index (χ2v) is 7.81. The molecule has 0 aliphatic carbocycles. The van der Waals surface area contributed by atoms with Crippen LogP contribution in [0.3, 0.4) is 0 Å². The summed E-state index contributed by atoms with van der Waals surface area (Å²) in [5.74, 6) is -2.88. The maximum atomic E-state index is 14.0. The Hall–Kier alpha value is -2.16. The van der Waals surface area contributed by atoms with Crippen LogP contribution >= 0.6 is 0 Å². The Bertz CT molecular complexity index is 760. The van der Waals surface area contributed by atoms with Crippen LogP contribution < -0.4 is 9.62 Å². The van der Waals surface area contributed by atoms with Crippen LogP contribution in [0, 0.1) is 11.2 Å². The number of carboxylic acid groups (broad SMARTS) is 1. The van der Waals surface area contributed by atoms with Gasteiger partial charge in [0.25, 0.3) is 0 Å². The van der Waals surface area contributed by atoms with Gasteiger partial charge in [-0.25, -0.2) is 12.8 Å². The van der Waals surface area contributed by atoms with Crippen LogP contribution in [-0.4, -0.2) is 37.7 Å². The number of hydrogen-bond acceptors (Lipinski definition) is 4. The van der Waals surface area contributed by atoms with Crippen molar-refractivity contribution in [1.82, 2.24) is 0 Å². The number of hydrogen-bond donors (Lipinski definition) is 2. The number of carboxylic acids is 1. The van der Waals surface area contributed by atoms with Crippen LogP contribution in [0.2, 0.25) is 0 Å². The molecule has 7 nitrogen and oxygen atoms in total. The summed E-state index contributed by atoms with van der Waals surface area (Å²) in [5, 5.41) is 11.4. The van der Waals surface area contributed by atoms with E-state index in [1.807, 2.05) is 0 Å². The first kappa shape index (κ1) is 17.2. The van der Waals surface area contributed by atoms with Crippen LogP contribution in [0.15, 0.2) is 18.2 Å². The van der Waals surface area contributed by atoms with E-state index < -0.39 is 33.1 Å². The molecule has 1 heterocycles. The van der Waals surface area contributed by atoms with Crippen molar-refractivity contribution in [3.8, 4) is 0 Å². The predicted octanol–water partition coefficient (Wildman–Crippen LogP) is 1.41. The number of carbonyl (C=O) groups is 2. The smallest absolute Gasteiger partial charge is 0.318 e. The SMILES string of the molecule is CC(C)(C(=O)O)C(=O)Nc1ccc(F)c(N2CCCS2(=O)=O)c1. The zero-order chi connectivity index (χ0) is 17.4. The van der Waals surface area contributed by atoms with E-state index in [2.05, 4.69) is 5.32 Å². The number of amides is 1. The van der Waals surface area contributed by atoms with E-state index in [-0.39, 0.29) is 23.7 Å². The summed E-state index contributed by atoms with van der Waals surface area (Å²) in [6.45, 7) is 2.64. The van der Waals surface area contributed by atoms with E-state index in [4.69, 9.17) is 5.11 Å². The van der Waals surface area contributed by atoms with Gasteiger partial charge in [0, 0.05) is 12.2 Å². The first-order valence-electron chi connectivity index (χ1n) is 6.90. The topological polar surface area (TPSA) is 104 Å². The van der Waals surface area contributed by atoms with Crippen LogP contribution in [0.1, 0.15) is 20.3 Å². The van der Waals surface area contributed by atoms with Gasteiger partial charge in [0.05, 0.1) is 11.4 Å². The summed E-state index contributed by atoms with van der Waals surface area (Å²) < 4.78 is 38.7. The number of halogens is 1. The number of carbonyl (C=O) groups excluding carboxylic acids is 1. The number of anilines is 2. The Morgan fingerprint density at radius 1 is 1.35 bits per heavy atom. The molecule has 0 bridgehead atoms. The van der Waals surface area contributed by atoms with Gasteiger partial charge in [-0.1, -0.05) is 0 Å². The normalized spacial score (nSPS) is 17.1. The molecule has 0 spiro atoms. The lowest BCUT2D eigenvalue weighted by Crippen LogP contribution is -2.37. The molecular weight excluding hydrogens is 327 g/mol. The van der Waals surface area contributed by atoms with E-state index in [9.17, 15) is 22.4 Å². The van der Waals surface area contributed by atoms with E-state index in [1.54, 1.807) is 0 Å². The zero-order valence-corrected chi connectivity index (χ0v) is 13.5. The highest BCUT2D eigenvalue weighted by atomic mass is 32.2. The summed E-state index contributed by atoms with van der Waals surface area (Å²) in [6, 6.07) is 3.47. The van der Waals surface area contributed by atoms with Gasteiger partial charge in [-0.05, 0) is 38.5 Å². The molecule has 2 rings (SSSR count). The minimum atomic E-state index is -3.56. The van der Waals surface area contributed by atoms with Gasteiger partial charge in [0.1, 0.15) is 11.2 Å². The van der Waals surface area contributed by atoms with Gasteiger partial charge in [-0.3, -0.25) is 13.9 Å². The highest BCUT2D eigenvalue weighted by molar-refractivity contribution is 7.93. The van der Waals surface area contributed by atoms with Gasteiger partial charge >= 0.3 is 5.97 Å². The third-order valence-corrected chi connectivity index (χ3v) is 5.53. The lowest BCUT2D eigenvalue weighted by atomic mass is 9.92. The zero-order valence-electron chi connectivity index (χ0n) is 12.7. The summed E-state index contributed by atoms with van der Waals surface area (Å²) in [4.78, 5) is 23.1. The summed E-state index contributed by atoms with van der Waals surface area (Å²) in [5.41, 5.74) is -1.70. The quantitative estimate of drug-likeness (QED) is 0.804. The third kappa shape index (κ3) is 3.29. The van der Waals surface area contributed by atoms with Crippen molar-refractivity contribution in [2.75, 3.05) is 21.9 Å². The molecule has 126 valence electrons. The second kappa shape index (κ2) is 5.80. The van der Waals surface area contributed by atoms with E-state index in [0.29, 0.717) is 6.42 Å². The fourth-order valence-corrected chi connectivity index (χ4v) is 3.64. The largest absolute Gasteiger partial charge is 0.480 e. The molecule has 1 fully saturated rings. The number of nitrogens with one attached hydrogen (secondary N) is 1. The van der Waals surface area contributed by atoms with Crippen molar-refractivity contribution in [2.45, 2.75) is 20.3 Å². The number of nitrogens with zero attached hydrogens (tertiary/aromatic N) is 1. The Morgan fingerprint density at radius 2 is 2.00 bits per heavy atom. The Kier molecular flexibility index (Phi) is 4.34. The lowest BCUT2D eigenvalue weighted by molar-refractivity contribution is -0.151. The fourth-order valence-electron chi connectivity index (χ4n) is 2.08. The Balaban J connectivity index is 2.32. The van der Waals surface area contributed by atoms with E-state index >= 15 is 0 Å². The monoisotopic (exact) mass is 344 g/mol. The van der Waals surface area contributed by atoms with Crippen molar-refractivity contribution >= 4 is 33.3 Å². The highest BCUT2D eigenvalue weighted by Crippen LogP contribution is 2.30. The molecule has 0 radical (unpaired) electrons. The molecule has 2 N–H and O–H groups in total. The van der Waals surface area contributed by atoms with Crippen LogP contribution in [0.4, 0.5) is 15.8 Å². The summed E-state index contributed by atoms with van der Waals surface area (Å²) >= 11 is 0. The molecule has 1 aromatic carbocycles. The van der Waals surface area contributed by atoms with Gasteiger partial charge in [0.2, 0.25) is 15.9 Å². The molecular formula is C14H17FN2O5S. The van der Waals surface area contributed by atoms with Crippen LogP contribution in [0.25, 0.3) is 0 Å². The summed E-state index contributed by atoms with van der Waals surface area (Å²) in [7, 11) is -3.56.